The molecule has 0 spiro atoms. The average molecular weight is 341 g/mol. The Hall–Kier alpha value is -2.63. The van der Waals surface area contributed by atoms with Crippen LogP contribution in [0.3, 0.4) is 0 Å². The number of hydrogen-bond donors (Lipinski definition) is 1. The number of aromatic nitrogens is 2. The lowest BCUT2D eigenvalue weighted by Crippen LogP contribution is -2.51. The number of amides is 1. The second kappa shape index (κ2) is 6.02. The lowest BCUT2D eigenvalue weighted by molar-refractivity contribution is -0.147. The van der Waals surface area contributed by atoms with E-state index in [1.165, 1.54) is 25.8 Å². The van der Waals surface area contributed by atoms with Gasteiger partial charge in [0.2, 0.25) is 0 Å². The molecule has 1 aromatic heterocycles. The van der Waals surface area contributed by atoms with Crippen LogP contribution < -0.4 is 0 Å². The molecule has 25 heavy (non-hydrogen) atoms. The molecule has 1 aliphatic carbocycles. The van der Waals surface area contributed by atoms with Crippen LogP contribution in [0, 0.1) is 6.92 Å². The van der Waals surface area contributed by atoms with Crippen LogP contribution in [0.2, 0.25) is 0 Å². The number of fused-ring (bicyclic) bond motifs is 1. The first-order valence-electron chi connectivity index (χ1n) is 8.43. The van der Waals surface area contributed by atoms with Crippen LogP contribution in [0.5, 0.6) is 0 Å². The van der Waals surface area contributed by atoms with Crippen LogP contribution >= 0.6 is 0 Å². The van der Waals surface area contributed by atoms with Gasteiger partial charge in [-0.25, -0.2) is 9.48 Å². The minimum atomic E-state index is -1.30. The fraction of sp³-hybridized carbons (Fsp3) is 0.421. The minimum Gasteiger partial charge on any atom is -0.480 e. The molecule has 6 heteroatoms. The number of benzene rings is 1. The number of nitrogens with zero attached hydrogens (tertiary/aromatic N) is 3. The van der Waals surface area contributed by atoms with E-state index in [2.05, 4.69) is 5.10 Å². The number of aliphatic carboxylic acids is 1. The predicted octanol–water partition coefficient (Wildman–Crippen LogP) is 2.60. The van der Waals surface area contributed by atoms with Gasteiger partial charge in [0, 0.05) is 18.3 Å². The Balaban J connectivity index is 2.04. The summed E-state index contributed by atoms with van der Waals surface area (Å²) in [4.78, 5) is 25.7. The molecule has 0 radical (unpaired) electrons. The van der Waals surface area contributed by atoms with E-state index in [9.17, 15) is 14.7 Å². The van der Waals surface area contributed by atoms with Crippen molar-refractivity contribution < 1.29 is 14.7 Å². The molecule has 3 rings (SSSR count). The van der Waals surface area contributed by atoms with Crippen molar-refractivity contribution >= 4 is 11.9 Å². The lowest BCUT2D eigenvalue weighted by atomic mass is 10.0. The van der Waals surface area contributed by atoms with Crippen LogP contribution in [0.1, 0.15) is 47.6 Å². The molecule has 1 amide bonds. The molecule has 1 N–H and O–H groups in total. The van der Waals surface area contributed by atoms with Gasteiger partial charge in [-0.3, -0.25) is 4.79 Å². The zero-order valence-corrected chi connectivity index (χ0v) is 15.0. The molecule has 0 saturated carbocycles. The van der Waals surface area contributed by atoms with Crippen molar-refractivity contribution in [2.45, 2.75) is 45.6 Å². The summed E-state index contributed by atoms with van der Waals surface area (Å²) in [5, 5.41) is 13.9. The Morgan fingerprint density at radius 1 is 1.20 bits per heavy atom. The number of carboxylic acid groups (broad SMARTS) is 1. The number of carbonyl (C=O) groups is 2. The molecular formula is C19H23N3O3. The first-order valence-corrected chi connectivity index (χ1v) is 8.43. The molecule has 0 saturated heterocycles. The second-order valence-corrected chi connectivity index (χ2v) is 7.10. The Kier molecular flexibility index (Phi) is 4.14. The van der Waals surface area contributed by atoms with Crippen molar-refractivity contribution in [3.63, 3.8) is 0 Å². The van der Waals surface area contributed by atoms with Gasteiger partial charge >= 0.3 is 5.97 Å². The summed E-state index contributed by atoms with van der Waals surface area (Å²) in [5.74, 6) is -1.39. The highest BCUT2D eigenvalue weighted by Crippen LogP contribution is 2.29. The summed E-state index contributed by atoms with van der Waals surface area (Å²) in [6.45, 7) is 5.06. The molecule has 6 nitrogen and oxygen atoms in total. The van der Waals surface area contributed by atoms with E-state index in [4.69, 9.17) is 0 Å². The largest absolute Gasteiger partial charge is 0.480 e. The molecular weight excluding hydrogens is 318 g/mol. The molecule has 1 aromatic carbocycles. The number of carboxylic acids is 1. The Bertz CT molecular complexity index is 834. The van der Waals surface area contributed by atoms with Gasteiger partial charge in [-0.2, -0.15) is 5.10 Å². The van der Waals surface area contributed by atoms with E-state index in [0.717, 1.165) is 41.8 Å². The smallest absolute Gasteiger partial charge is 0.329 e. The van der Waals surface area contributed by atoms with Gasteiger partial charge in [-0.15, -0.1) is 0 Å². The molecule has 0 fully saturated rings. The van der Waals surface area contributed by atoms with Gasteiger partial charge in [0.25, 0.3) is 5.91 Å². The summed E-state index contributed by atoms with van der Waals surface area (Å²) in [7, 11) is 1.52. The summed E-state index contributed by atoms with van der Waals surface area (Å²) in [6.07, 6.45) is 2.64. The zero-order valence-electron chi connectivity index (χ0n) is 15.0. The molecule has 1 aliphatic rings. The van der Waals surface area contributed by atoms with E-state index < -0.39 is 11.5 Å². The minimum absolute atomic E-state index is 0.351. The molecule has 132 valence electrons. The topological polar surface area (TPSA) is 75.4 Å². The van der Waals surface area contributed by atoms with Crippen LogP contribution in [0.4, 0.5) is 0 Å². The highest BCUT2D eigenvalue weighted by Gasteiger charge is 2.38. The molecule has 0 unspecified atom stereocenters. The SMILES string of the molecule is Cc1ccc(-n2nc(C(=O)N(C)C(C)(C)C(=O)O)c3c2CCC3)cc1. The van der Waals surface area contributed by atoms with Crippen LogP contribution in [-0.2, 0) is 17.6 Å². The maximum absolute atomic E-state index is 12.9. The van der Waals surface area contributed by atoms with Gasteiger partial charge in [0.05, 0.1) is 5.69 Å². The van der Waals surface area contributed by atoms with E-state index >= 15 is 0 Å². The molecule has 0 bridgehead atoms. The Labute approximate surface area is 147 Å². The number of hydrogen-bond acceptors (Lipinski definition) is 3. The van der Waals surface area contributed by atoms with Crippen LogP contribution in [0.25, 0.3) is 5.69 Å². The molecule has 1 heterocycles. The van der Waals surface area contributed by atoms with Crippen molar-refractivity contribution in [2.75, 3.05) is 7.05 Å². The Morgan fingerprint density at radius 3 is 2.44 bits per heavy atom. The standard InChI is InChI=1S/C19H23N3O3/c1-12-8-10-13(11-9-12)22-15-7-5-6-14(15)16(20-22)17(23)21(4)19(2,3)18(24)25/h8-11H,5-7H2,1-4H3,(H,24,25). The first kappa shape index (κ1) is 17.2. The fourth-order valence-corrected chi connectivity index (χ4v) is 3.06. The van der Waals surface area contributed by atoms with E-state index in [1.807, 2.05) is 35.9 Å². The summed E-state index contributed by atoms with van der Waals surface area (Å²) < 4.78 is 1.83. The average Bonchev–Trinajstić information content (AvgIpc) is 3.16. The van der Waals surface area contributed by atoms with Crippen molar-refractivity contribution in [2.24, 2.45) is 0 Å². The third-order valence-electron chi connectivity index (χ3n) is 5.08. The van der Waals surface area contributed by atoms with Crippen molar-refractivity contribution in [3.05, 3.63) is 46.8 Å². The molecule has 0 atom stereocenters. The van der Waals surface area contributed by atoms with Crippen molar-refractivity contribution in [1.82, 2.24) is 14.7 Å². The van der Waals surface area contributed by atoms with Gasteiger partial charge in [-0.1, -0.05) is 17.7 Å². The number of carbonyl (C=O) groups excluding carboxylic acids is 1. The Morgan fingerprint density at radius 2 is 1.84 bits per heavy atom. The van der Waals surface area contributed by atoms with Gasteiger partial charge in [-0.05, 0) is 52.2 Å². The monoisotopic (exact) mass is 341 g/mol. The lowest BCUT2D eigenvalue weighted by Gasteiger charge is -2.31. The maximum Gasteiger partial charge on any atom is 0.329 e. The normalized spacial score (nSPS) is 13.6. The maximum atomic E-state index is 12.9. The highest BCUT2D eigenvalue weighted by atomic mass is 16.4. The quantitative estimate of drug-likeness (QED) is 0.927. The van der Waals surface area contributed by atoms with Crippen molar-refractivity contribution in [3.8, 4) is 5.69 Å². The summed E-state index contributed by atoms with van der Waals surface area (Å²) in [6, 6.07) is 8.00. The summed E-state index contributed by atoms with van der Waals surface area (Å²) >= 11 is 0. The van der Waals surface area contributed by atoms with Gasteiger partial charge < -0.3 is 10.0 Å². The fourth-order valence-electron chi connectivity index (χ4n) is 3.06. The zero-order chi connectivity index (χ0) is 18.4. The van der Waals surface area contributed by atoms with E-state index in [1.54, 1.807) is 0 Å². The van der Waals surface area contributed by atoms with Crippen LogP contribution in [-0.4, -0.2) is 44.3 Å². The summed E-state index contributed by atoms with van der Waals surface area (Å²) in [5.41, 5.74) is 3.14. The number of aryl methyl sites for hydroxylation is 1. The van der Waals surface area contributed by atoms with Gasteiger partial charge in [0.1, 0.15) is 5.54 Å². The third-order valence-corrected chi connectivity index (χ3v) is 5.08. The first-order chi connectivity index (χ1) is 11.7. The third kappa shape index (κ3) is 2.81. The van der Waals surface area contributed by atoms with E-state index in [-0.39, 0.29) is 5.91 Å². The van der Waals surface area contributed by atoms with Gasteiger partial charge in [0.15, 0.2) is 5.69 Å². The van der Waals surface area contributed by atoms with Crippen LogP contribution in [0.15, 0.2) is 24.3 Å². The van der Waals surface area contributed by atoms with Crippen molar-refractivity contribution in [1.29, 1.82) is 0 Å². The van der Waals surface area contributed by atoms with E-state index in [0.29, 0.717) is 5.69 Å². The predicted molar refractivity (Wildman–Crippen MR) is 94.1 cm³/mol. The number of likely N-dealkylation sites (N-methyl/N-ethyl adjacent to an activating group) is 1. The second-order valence-electron chi connectivity index (χ2n) is 7.10. The highest BCUT2D eigenvalue weighted by molar-refractivity contribution is 5.97. The molecule has 0 aliphatic heterocycles. The number of rotatable bonds is 4. The molecule has 2 aromatic rings.